The number of aryl methyl sites for hydroxylation is 1. The van der Waals surface area contributed by atoms with Crippen molar-refractivity contribution in [3.63, 3.8) is 0 Å². The second-order valence-electron chi connectivity index (χ2n) is 13.5. The molecule has 0 N–H and O–H groups in total. The van der Waals surface area contributed by atoms with Gasteiger partial charge >= 0.3 is 12.1 Å². The van der Waals surface area contributed by atoms with Gasteiger partial charge in [0.1, 0.15) is 11.4 Å². The first kappa shape index (κ1) is 34.3. The lowest BCUT2D eigenvalue weighted by molar-refractivity contribution is -0.142. The van der Waals surface area contributed by atoms with Crippen molar-refractivity contribution in [1.82, 2.24) is 9.80 Å². The van der Waals surface area contributed by atoms with E-state index in [1.54, 1.807) is 11.8 Å². The molecule has 1 atom stereocenters. The number of amides is 2. The molecule has 9 heteroatoms. The van der Waals surface area contributed by atoms with Crippen molar-refractivity contribution in [3.8, 4) is 5.75 Å². The van der Waals surface area contributed by atoms with E-state index in [1.807, 2.05) is 63.1 Å². The van der Waals surface area contributed by atoms with Gasteiger partial charge in [0.2, 0.25) is 5.91 Å². The van der Waals surface area contributed by atoms with Crippen molar-refractivity contribution in [2.24, 2.45) is 5.92 Å². The lowest BCUT2D eigenvalue weighted by atomic mass is 9.86. The summed E-state index contributed by atoms with van der Waals surface area (Å²) in [5.41, 5.74) is 3.64. The Morgan fingerprint density at radius 3 is 2.38 bits per heavy atom. The Morgan fingerprint density at radius 1 is 1.00 bits per heavy atom. The molecule has 0 radical (unpaired) electrons. The normalized spacial score (nSPS) is 20.8. The van der Waals surface area contributed by atoms with Crippen molar-refractivity contribution in [2.45, 2.75) is 97.9 Å². The van der Waals surface area contributed by atoms with Crippen LogP contribution in [-0.4, -0.2) is 78.8 Å². The van der Waals surface area contributed by atoms with Gasteiger partial charge in [-0.05, 0) is 108 Å². The predicted octanol–water partition coefficient (Wildman–Crippen LogP) is 6.14. The van der Waals surface area contributed by atoms with Crippen LogP contribution in [0.3, 0.4) is 0 Å². The van der Waals surface area contributed by atoms with Crippen molar-refractivity contribution in [2.75, 3.05) is 38.2 Å². The number of hydrogen-bond acceptors (Lipinski definition) is 7. The van der Waals surface area contributed by atoms with Crippen LogP contribution in [0.1, 0.15) is 77.0 Å². The summed E-state index contributed by atoms with van der Waals surface area (Å²) in [5, 5.41) is 0. The zero-order valence-electron chi connectivity index (χ0n) is 28.1. The molecular formula is C36H51N3O6. The van der Waals surface area contributed by atoms with Crippen molar-refractivity contribution < 1.29 is 28.6 Å². The monoisotopic (exact) mass is 621 g/mol. The minimum absolute atomic E-state index is 0.0345. The van der Waals surface area contributed by atoms with Gasteiger partial charge in [-0.15, -0.1) is 0 Å². The fraction of sp³-hybridized carbons (Fsp3) is 0.583. The highest BCUT2D eigenvalue weighted by atomic mass is 16.6. The number of hydrogen-bond donors (Lipinski definition) is 0. The molecule has 0 spiro atoms. The maximum Gasteiger partial charge on any atom is 0.410 e. The molecule has 1 aliphatic heterocycles. The van der Waals surface area contributed by atoms with Gasteiger partial charge in [0.25, 0.3) is 0 Å². The molecular weight excluding hydrogens is 570 g/mol. The highest BCUT2D eigenvalue weighted by Crippen LogP contribution is 2.31. The number of nitrogens with zero attached hydrogens (tertiary/aromatic N) is 3. The molecule has 1 aliphatic carbocycles. The Morgan fingerprint density at radius 2 is 1.73 bits per heavy atom. The minimum atomic E-state index is -0.503. The van der Waals surface area contributed by atoms with Crippen molar-refractivity contribution >= 4 is 23.7 Å². The van der Waals surface area contributed by atoms with Crippen LogP contribution in [0, 0.1) is 12.8 Å². The SMILES string of the molecule is CCOC(=O)Cc1cccc(OC2CCC(C(=O)N(C)c3ccc(CN4CCN(C(=O)OC(C)(C)C)[C@@H](C)C4)c(C)c3)CC2)c1. The predicted molar refractivity (Wildman–Crippen MR) is 175 cm³/mol. The Bertz CT molecular complexity index is 1330. The number of anilines is 1. The lowest BCUT2D eigenvalue weighted by Crippen LogP contribution is -2.54. The van der Waals surface area contributed by atoms with E-state index in [0.29, 0.717) is 13.2 Å². The topological polar surface area (TPSA) is 88.6 Å². The van der Waals surface area contributed by atoms with Crippen LogP contribution in [-0.2, 0) is 32.0 Å². The van der Waals surface area contributed by atoms with Gasteiger partial charge < -0.3 is 24.0 Å². The van der Waals surface area contributed by atoms with Crippen LogP contribution < -0.4 is 9.64 Å². The number of benzene rings is 2. The van der Waals surface area contributed by atoms with Gasteiger partial charge in [-0.25, -0.2) is 4.79 Å². The second kappa shape index (κ2) is 15.1. The molecule has 246 valence electrons. The van der Waals surface area contributed by atoms with Gasteiger partial charge in [0, 0.05) is 50.9 Å². The molecule has 1 heterocycles. The van der Waals surface area contributed by atoms with E-state index < -0.39 is 5.60 Å². The summed E-state index contributed by atoms with van der Waals surface area (Å²) in [5.74, 6) is 0.614. The maximum absolute atomic E-state index is 13.5. The molecule has 2 aromatic carbocycles. The molecule has 0 aromatic heterocycles. The van der Waals surface area contributed by atoms with E-state index in [0.717, 1.165) is 67.9 Å². The first-order valence-electron chi connectivity index (χ1n) is 16.3. The highest BCUT2D eigenvalue weighted by Gasteiger charge is 2.32. The quantitative estimate of drug-likeness (QED) is 0.311. The Balaban J connectivity index is 1.26. The second-order valence-corrected chi connectivity index (χ2v) is 13.5. The number of carbonyl (C=O) groups is 3. The molecule has 2 aliphatic rings. The largest absolute Gasteiger partial charge is 0.490 e. The molecule has 2 fully saturated rings. The fourth-order valence-corrected chi connectivity index (χ4v) is 6.20. The van der Waals surface area contributed by atoms with E-state index in [1.165, 1.54) is 5.56 Å². The summed E-state index contributed by atoms with van der Waals surface area (Å²) in [7, 11) is 1.87. The average Bonchev–Trinajstić information content (AvgIpc) is 2.97. The molecule has 4 rings (SSSR count). The number of esters is 1. The summed E-state index contributed by atoms with van der Waals surface area (Å²) in [6.45, 7) is 15.0. The summed E-state index contributed by atoms with van der Waals surface area (Å²) in [4.78, 5) is 43.9. The summed E-state index contributed by atoms with van der Waals surface area (Å²) < 4.78 is 16.9. The molecule has 2 amide bonds. The summed E-state index contributed by atoms with van der Waals surface area (Å²) in [6.07, 6.45) is 3.20. The first-order chi connectivity index (χ1) is 21.3. The standard InChI is InChI=1S/C36H51N3O6/c1-8-43-33(40)22-27-10-9-11-32(21-27)44-31-16-13-28(14-17-31)34(41)37(7)30-15-12-29(25(2)20-30)24-38-18-19-39(26(3)23-38)35(42)45-36(4,5)6/h9-12,15,20-21,26,28,31H,8,13-14,16-19,22-24H2,1-7H3/t26-,28?,31?/m0/s1. The van der Waals surface area contributed by atoms with Gasteiger partial charge in [-0.1, -0.05) is 18.2 Å². The summed E-state index contributed by atoms with van der Waals surface area (Å²) in [6, 6.07) is 13.9. The number of piperazine rings is 1. The molecule has 0 bridgehead atoms. The third kappa shape index (κ3) is 9.70. The zero-order chi connectivity index (χ0) is 32.7. The Hall–Kier alpha value is -3.59. The van der Waals surface area contributed by atoms with Gasteiger partial charge in [0.15, 0.2) is 0 Å². The molecule has 1 saturated heterocycles. The Kier molecular flexibility index (Phi) is 11.5. The summed E-state index contributed by atoms with van der Waals surface area (Å²) >= 11 is 0. The molecule has 2 aromatic rings. The van der Waals surface area contributed by atoms with Gasteiger partial charge in [-0.3, -0.25) is 14.5 Å². The fourth-order valence-electron chi connectivity index (χ4n) is 6.20. The molecule has 45 heavy (non-hydrogen) atoms. The number of ether oxygens (including phenoxy) is 3. The molecule has 1 saturated carbocycles. The lowest BCUT2D eigenvalue weighted by Gasteiger charge is -2.40. The van der Waals surface area contributed by atoms with E-state index in [9.17, 15) is 14.4 Å². The maximum atomic E-state index is 13.5. The number of rotatable bonds is 9. The number of carbonyl (C=O) groups excluding carboxylic acids is 3. The highest BCUT2D eigenvalue weighted by molar-refractivity contribution is 5.94. The van der Waals surface area contributed by atoms with Crippen LogP contribution in [0.25, 0.3) is 0 Å². The van der Waals surface area contributed by atoms with Crippen LogP contribution >= 0.6 is 0 Å². The van der Waals surface area contributed by atoms with Gasteiger partial charge in [-0.2, -0.15) is 0 Å². The van der Waals surface area contributed by atoms with Crippen LogP contribution in [0.2, 0.25) is 0 Å². The first-order valence-corrected chi connectivity index (χ1v) is 16.3. The zero-order valence-corrected chi connectivity index (χ0v) is 28.1. The van der Waals surface area contributed by atoms with E-state index in [-0.39, 0.29) is 42.5 Å². The van der Waals surface area contributed by atoms with Crippen LogP contribution in [0.5, 0.6) is 5.75 Å². The molecule has 0 unspecified atom stereocenters. The smallest absolute Gasteiger partial charge is 0.410 e. The van der Waals surface area contributed by atoms with E-state index in [4.69, 9.17) is 14.2 Å². The Labute approximate surface area is 268 Å². The minimum Gasteiger partial charge on any atom is -0.490 e. The van der Waals surface area contributed by atoms with Crippen LogP contribution in [0.15, 0.2) is 42.5 Å². The average molecular weight is 622 g/mol. The molecule has 9 nitrogen and oxygen atoms in total. The third-order valence-electron chi connectivity index (χ3n) is 8.66. The van der Waals surface area contributed by atoms with Gasteiger partial charge in [0.05, 0.1) is 19.1 Å². The van der Waals surface area contributed by atoms with Crippen LogP contribution in [0.4, 0.5) is 10.5 Å². The van der Waals surface area contributed by atoms with E-state index in [2.05, 4.69) is 30.9 Å². The van der Waals surface area contributed by atoms with Crippen molar-refractivity contribution in [1.29, 1.82) is 0 Å². The third-order valence-corrected chi connectivity index (χ3v) is 8.66. The van der Waals surface area contributed by atoms with E-state index >= 15 is 0 Å². The van der Waals surface area contributed by atoms with Crippen molar-refractivity contribution in [3.05, 3.63) is 59.2 Å².